The first-order valence-corrected chi connectivity index (χ1v) is 7.31. The van der Waals surface area contributed by atoms with E-state index in [2.05, 4.69) is 30.2 Å². The second-order valence-electron chi connectivity index (χ2n) is 6.20. The molecule has 3 N–H and O–H groups in total. The molecule has 1 heterocycles. The molecule has 1 aliphatic carbocycles. The van der Waals surface area contributed by atoms with Crippen LogP contribution in [0.4, 0.5) is 5.69 Å². The number of nitrogens with one attached hydrogen (secondary N) is 1. The predicted octanol–water partition coefficient (Wildman–Crippen LogP) is 3.33. The molecule has 20 heavy (non-hydrogen) atoms. The maximum Gasteiger partial charge on any atom is 0.107 e. The summed E-state index contributed by atoms with van der Waals surface area (Å²) in [7, 11) is 0. The minimum atomic E-state index is 0.390. The topological polar surface area (TPSA) is 50.9 Å². The van der Waals surface area contributed by atoms with Gasteiger partial charge in [-0.2, -0.15) is 0 Å². The van der Waals surface area contributed by atoms with Crippen molar-refractivity contribution in [3.05, 3.63) is 36.0 Å². The van der Waals surface area contributed by atoms with Crippen molar-refractivity contribution < 1.29 is 0 Å². The number of fused-ring (bicyclic) bond motifs is 1. The zero-order chi connectivity index (χ0) is 14.3. The number of anilines is 1. The van der Waals surface area contributed by atoms with Gasteiger partial charge in [0.15, 0.2) is 0 Å². The first-order chi connectivity index (χ1) is 9.49. The first kappa shape index (κ1) is 13.3. The third-order valence-electron chi connectivity index (χ3n) is 4.28. The summed E-state index contributed by atoms with van der Waals surface area (Å²) in [6, 6.07) is 8.07. The standard InChI is InChI=1S/C16H19N3S/c1-16(2)7-10(16)8-19-14-11-5-3-4-6-13(11)18-9-12(14)15(17)20/h3-6,9-10H,7-8H2,1-2H3,(H2,17,20)(H,18,19). The molecule has 0 spiro atoms. The molecule has 2 aromatic rings. The summed E-state index contributed by atoms with van der Waals surface area (Å²) in [5.41, 5.74) is 9.10. The Labute approximate surface area is 124 Å². The highest BCUT2D eigenvalue weighted by molar-refractivity contribution is 7.80. The van der Waals surface area contributed by atoms with Gasteiger partial charge < -0.3 is 11.1 Å². The zero-order valence-corrected chi connectivity index (χ0v) is 12.6. The van der Waals surface area contributed by atoms with Crippen LogP contribution in [0, 0.1) is 11.3 Å². The third-order valence-corrected chi connectivity index (χ3v) is 4.50. The van der Waals surface area contributed by atoms with Gasteiger partial charge in [0, 0.05) is 18.1 Å². The van der Waals surface area contributed by atoms with Crippen LogP contribution in [-0.4, -0.2) is 16.5 Å². The maximum atomic E-state index is 5.83. The van der Waals surface area contributed by atoms with Gasteiger partial charge in [0.25, 0.3) is 0 Å². The highest BCUT2D eigenvalue weighted by Crippen LogP contribution is 2.51. The number of hydrogen-bond donors (Lipinski definition) is 2. The van der Waals surface area contributed by atoms with Crippen molar-refractivity contribution in [3.63, 3.8) is 0 Å². The average Bonchev–Trinajstić information content (AvgIpc) is 3.03. The van der Waals surface area contributed by atoms with Crippen molar-refractivity contribution in [2.75, 3.05) is 11.9 Å². The summed E-state index contributed by atoms with van der Waals surface area (Å²) in [6.45, 7) is 5.56. The van der Waals surface area contributed by atoms with E-state index in [9.17, 15) is 0 Å². The second kappa shape index (κ2) is 4.70. The quantitative estimate of drug-likeness (QED) is 0.846. The van der Waals surface area contributed by atoms with Crippen LogP contribution in [0.15, 0.2) is 30.5 Å². The Morgan fingerprint density at radius 3 is 2.80 bits per heavy atom. The molecule has 0 aliphatic heterocycles. The van der Waals surface area contributed by atoms with E-state index in [1.165, 1.54) is 6.42 Å². The van der Waals surface area contributed by atoms with E-state index in [4.69, 9.17) is 18.0 Å². The molecule has 104 valence electrons. The van der Waals surface area contributed by atoms with E-state index in [-0.39, 0.29) is 0 Å². The fourth-order valence-electron chi connectivity index (χ4n) is 2.67. The normalized spacial score (nSPS) is 19.8. The molecule has 1 atom stereocenters. The summed E-state index contributed by atoms with van der Waals surface area (Å²) in [4.78, 5) is 4.82. The Morgan fingerprint density at radius 2 is 2.15 bits per heavy atom. The predicted molar refractivity (Wildman–Crippen MR) is 88.0 cm³/mol. The SMILES string of the molecule is CC1(C)CC1CNc1c(C(N)=S)cnc2ccccc12. The van der Waals surface area contributed by atoms with Crippen molar-refractivity contribution >= 4 is 33.8 Å². The lowest BCUT2D eigenvalue weighted by Gasteiger charge is -2.14. The summed E-state index contributed by atoms with van der Waals surface area (Å²) in [6.07, 6.45) is 3.04. The van der Waals surface area contributed by atoms with Gasteiger partial charge >= 0.3 is 0 Å². The molecule has 0 amide bonds. The summed E-state index contributed by atoms with van der Waals surface area (Å²) in [5.74, 6) is 0.716. The van der Waals surface area contributed by atoms with Crippen LogP contribution >= 0.6 is 12.2 Å². The van der Waals surface area contributed by atoms with Gasteiger partial charge in [-0.1, -0.05) is 44.3 Å². The lowest BCUT2D eigenvalue weighted by atomic mass is 10.1. The Kier molecular flexibility index (Phi) is 3.13. The van der Waals surface area contributed by atoms with E-state index in [1.807, 2.05) is 18.2 Å². The van der Waals surface area contributed by atoms with Gasteiger partial charge in [-0.15, -0.1) is 0 Å². The number of nitrogens with two attached hydrogens (primary N) is 1. The lowest BCUT2D eigenvalue weighted by molar-refractivity contribution is 0.573. The highest BCUT2D eigenvalue weighted by atomic mass is 32.1. The van der Waals surface area contributed by atoms with Crippen LogP contribution in [0.3, 0.4) is 0 Å². The monoisotopic (exact) mass is 285 g/mol. The Morgan fingerprint density at radius 1 is 1.45 bits per heavy atom. The van der Waals surface area contributed by atoms with Gasteiger partial charge in [0.05, 0.1) is 16.8 Å². The van der Waals surface area contributed by atoms with Gasteiger partial charge in [0.2, 0.25) is 0 Å². The molecular formula is C16H19N3S. The number of para-hydroxylation sites is 1. The van der Waals surface area contributed by atoms with Gasteiger partial charge in [-0.25, -0.2) is 0 Å². The van der Waals surface area contributed by atoms with Crippen LogP contribution in [-0.2, 0) is 0 Å². The van der Waals surface area contributed by atoms with Gasteiger partial charge in [0.1, 0.15) is 4.99 Å². The van der Waals surface area contributed by atoms with E-state index in [1.54, 1.807) is 6.20 Å². The fourth-order valence-corrected chi connectivity index (χ4v) is 2.82. The second-order valence-corrected chi connectivity index (χ2v) is 6.64. The van der Waals surface area contributed by atoms with Crippen molar-refractivity contribution in [1.82, 2.24) is 4.98 Å². The number of pyridine rings is 1. The van der Waals surface area contributed by atoms with Crippen molar-refractivity contribution in [1.29, 1.82) is 0 Å². The largest absolute Gasteiger partial charge is 0.389 e. The molecule has 1 fully saturated rings. The van der Waals surface area contributed by atoms with E-state index >= 15 is 0 Å². The van der Waals surface area contributed by atoms with E-state index < -0.39 is 0 Å². The van der Waals surface area contributed by atoms with Crippen LogP contribution in [0.25, 0.3) is 10.9 Å². The minimum Gasteiger partial charge on any atom is -0.389 e. The van der Waals surface area contributed by atoms with Gasteiger partial charge in [-0.05, 0) is 23.8 Å². The van der Waals surface area contributed by atoms with E-state index in [0.717, 1.165) is 28.7 Å². The average molecular weight is 285 g/mol. The van der Waals surface area contributed by atoms with Crippen molar-refractivity contribution in [2.24, 2.45) is 17.1 Å². The summed E-state index contributed by atoms with van der Waals surface area (Å²) < 4.78 is 0. The molecule has 1 aliphatic rings. The molecule has 3 rings (SSSR count). The van der Waals surface area contributed by atoms with Crippen LogP contribution in [0.1, 0.15) is 25.8 Å². The van der Waals surface area contributed by atoms with Crippen molar-refractivity contribution in [3.8, 4) is 0 Å². The fraction of sp³-hybridized carbons (Fsp3) is 0.375. The molecule has 4 heteroatoms. The number of thiocarbonyl (C=S) groups is 1. The Bertz CT molecular complexity index is 678. The lowest BCUT2D eigenvalue weighted by Crippen LogP contribution is -2.16. The molecule has 0 bridgehead atoms. The van der Waals surface area contributed by atoms with Crippen molar-refractivity contribution in [2.45, 2.75) is 20.3 Å². The molecule has 0 saturated heterocycles. The molecule has 1 unspecified atom stereocenters. The van der Waals surface area contributed by atoms with Crippen LogP contribution in [0.5, 0.6) is 0 Å². The van der Waals surface area contributed by atoms with Gasteiger partial charge in [-0.3, -0.25) is 4.98 Å². The maximum absolute atomic E-state index is 5.83. The molecule has 0 radical (unpaired) electrons. The van der Waals surface area contributed by atoms with E-state index in [0.29, 0.717) is 16.3 Å². The van der Waals surface area contributed by atoms with Crippen LogP contribution < -0.4 is 11.1 Å². The third kappa shape index (κ3) is 2.36. The number of nitrogens with zero attached hydrogens (tertiary/aromatic N) is 1. The molecule has 1 aromatic heterocycles. The number of rotatable bonds is 4. The highest BCUT2D eigenvalue weighted by Gasteiger charge is 2.45. The smallest absolute Gasteiger partial charge is 0.107 e. The number of hydrogen-bond acceptors (Lipinski definition) is 3. The molecular weight excluding hydrogens is 266 g/mol. The molecule has 3 nitrogen and oxygen atoms in total. The first-order valence-electron chi connectivity index (χ1n) is 6.90. The zero-order valence-electron chi connectivity index (χ0n) is 11.8. The minimum absolute atomic E-state index is 0.390. The number of benzene rings is 1. The molecule has 1 saturated carbocycles. The Balaban J connectivity index is 1.97. The Hall–Kier alpha value is -1.68. The molecule has 1 aromatic carbocycles. The summed E-state index contributed by atoms with van der Waals surface area (Å²) in [5, 5.41) is 4.63. The summed E-state index contributed by atoms with van der Waals surface area (Å²) >= 11 is 5.15. The van der Waals surface area contributed by atoms with Crippen LogP contribution in [0.2, 0.25) is 0 Å². The number of aromatic nitrogens is 1.